The Morgan fingerprint density at radius 2 is 1.60 bits per heavy atom. The Kier molecular flexibility index (Phi) is 6.31. The van der Waals surface area contributed by atoms with Crippen LogP contribution >= 0.6 is 0 Å². The third-order valence-corrected chi connectivity index (χ3v) is 6.33. The fraction of sp³-hybridized carbons (Fsp3) is 0.458. The van der Waals surface area contributed by atoms with Gasteiger partial charge in [0.2, 0.25) is 5.91 Å². The molecule has 4 rings (SSSR count). The van der Waals surface area contributed by atoms with Crippen LogP contribution in [0.1, 0.15) is 55.3 Å². The molecule has 0 atom stereocenters. The zero-order chi connectivity index (χ0) is 20.9. The minimum Gasteiger partial charge on any atom is -0.353 e. The van der Waals surface area contributed by atoms with Gasteiger partial charge in [0, 0.05) is 30.7 Å². The number of carbonyl (C=O) groups is 2. The van der Waals surface area contributed by atoms with Crippen LogP contribution in [0.4, 0.5) is 0 Å². The molecular formula is C24H29N3O3. The van der Waals surface area contributed by atoms with E-state index in [0.717, 1.165) is 44.1 Å². The van der Waals surface area contributed by atoms with Crippen molar-refractivity contribution in [3.05, 3.63) is 58.4 Å². The molecule has 6 nitrogen and oxygen atoms in total. The van der Waals surface area contributed by atoms with Crippen molar-refractivity contribution in [1.29, 1.82) is 0 Å². The van der Waals surface area contributed by atoms with Gasteiger partial charge in [-0.15, -0.1) is 0 Å². The van der Waals surface area contributed by atoms with Gasteiger partial charge >= 0.3 is 0 Å². The second kappa shape index (κ2) is 9.28. The van der Waals surface area contributed by atoms with Crippen LogP contribution in [-0.4, -0.2) is 40.8 Å². The second-order valence-corrected chi connectivity index (χ2v) is 8.39. The summed E-state index contributed by atoms with van der Waals surface area (Å²) in [5.74, 6) is 0.0837. The normalized spacial score (nSPS) is 18.2. The number of nitrogens with one attached hydrogen (secondary N) is 2. The van der Waals surface area contributed by atoms with Gasteiger partial charge in [-0.1, -0.05) is 49.6 Å². The number of pyridine rings is 1. The van der Waals surface area contributed by atoms with Gasteiger partial charge in [-0.25, -0.2) is 0 Å². The lowest BCUT2D eigenvalue weighted by atomic mass is 9.88. The Morgan fingerprint density at radius 3 is 2.27 bits per heavy atom. The van der Waals surface area contributed by atoms with Crippen LogP contribution < -0.4 is 10.9 Å². The molecule has 1 saturated carbocycles. The van der Waals surface area contributed by atoms with Gasteiger partial charge in [-0.05, 0) is 43.4 Å². The maximum absolute atomic E-state index is 12.9. The quantitative estimate of drug-likeness (QED) is 0.815. The SMILES string of the molecule is O=C(NC1CCN(C(=O)c2ccc(-c3ccccc3)[nH]c2=O)CC1)C1CCCCC1. The lowest BCUT2D eigenvalue weighted by molar-refractivity contribution is -0.126. The maximum atomic E-state index is 12.9. The molecule has 1 aromatic carbocycles. The van der Waals surface area contributed by atoms with Crippen LogP contribution in [-0.2, 0) is 4.79 Å². The molecule has 158 valence electrons. The number of likely N-dealkylation sites (tertiary alicyclic amines) is 1. The average Bonchev–Trinajstić information content (AvgIpc) is 2.80. The molecule has 2 aromatic rings. The van der Waals surface area contributed by atoms with Crippen LogP contribution in [0.3, 0.4) is 0 Å². The van der Waals surface area contributed by atoms with E-state index in [1.165, 1.54) is 6.42 Å². The molecule has 2 heterocycles. The predicted octanol–water partition coefficient (Wildman–Crippen LogP) is 3.34. The molecule has 30 heavy (non-hydrogen) atoms. The van der Waals surface area contributed by atoms with E-state index in [0.29, 0.717) is 18.8 Å². The maximum Gasteiger partial charge on any atom is 0.261 e. The Morgan fingerprint density at radius 1 is 0.900 bits per heavy atom. The van der Waals surface area contributed by atoms with E-state index in [1.54, 1.807) is 17.0 Å². The van der Waals surface area contributed by atoms with Gasteiger partial charge in [0.25, 0.3) is 11.5 Å². The Balaban J connectivity index is 1.34. The highest BCUT2D eigenvalue weighted by Crippen LogP contribution is 2.24. The molecule has 0 unspecified atom stereocenters. The molecule has 2 aliphatic rings. The summed E-state index contributed by atoms with van der Waals surface area (Å²) in [7, 11) is 0. The van der Waals surface area contributed by atoms with E-state index in [2.05, 4.69) is 10.3 Å². The van der Waals surface area contributed by atoms with E-state index < -0.39 is 0 Å². The fourth-order valence-corrected chi connectivity index (χ4v) is 4.51. The number of amides is 2. The Labute approximate surface area is 176 Å². The first-order valence-corrected chi connectivity index (χ1v) is 11.0. The largest absolute Gasteiger partial charge is 0.353 e. The van der Waals surface area contributed by atoms with Gasteiger partial charge in [0.05, 0.1) is 0 Å². The molecular weight excluding hydrogens is 378 g/mol. The molecule has 6 heteroatoms. The number of carbonyl (C=O) groups excluding carboxylic acids is 2. The third kappa shape index (κ3) is 4.64. The molecule has 2 N–H and O–H groups in total. The average molecular weight is 408 g/mol. The standard InChI is InChI=1S/C24H29N3O3/c28-22(18-9-5-2-6-10-18)25-19-13-15-27(16-14-19)24(30)20-11-12-21(26-23(20)29)17-7-3-1-4-8-17/h1,3-4,7-8,11-12,18-19H,2,5-6,9-10,13-16H2,(H,25,28)(H,26,29). The molecule has 2 amide bonds. The zero-order valence-electron chi connectivity index (χ0n) is 17.2. The lowest BCUT2D eigenvalue weighted by Gasteiger charge is -2.33. The highest BCUT2D eigenvalue weighted by atomic mass is 16.2. The summed E-state index contributed by atoms with van der Waals surface area (Å²) in [5, 5.41) is 3.18. The molecule has 2 fully saturated rings. The zero-order valence-corrected chi connectivity index (χ0v) is 17.2. The minimum atomic E-state index is -0.367. The van der Waals surface area contributed by atoms with E-state index in [4.69, 9.17) is 0 Å². The van der Waals surface area contributed by atoms with Crippen molar-refractivity contribution >= 4 is 11.8 Å². The summed E-state index contributed by atoms with van der Waals surface area (Å²) in [6.45, 7) is 1.10. The van der Waals surface area contributed by atoms with Crippen molar-refractivity contribution < 1.29 is 9.59 Å². The van der Waals surface area contributed by atoms with Crippen molar-refractivity contribution in [2.24, 2.45) is 5.92 Å². The summed E-state index contributed by atoms with van der Waals surface area (Å²) in [6, 6.07) is 13.1. The number of hydrogen-bond donors (Lipinski definition) is 2. The van der Waals surface area contributed by atoms with Crippen molar-refractivity contribution in [2.75, 3.05) is 13.1 Å². The van der Waals surface area contributed by atoms with E-state index in [-0.39, 0.29) is 34.9 Å². The van der Waals surface area contributed by atoms with Crippen molar-refractivity contribution in [2.45, 2.75) is 51.0 Å². The number of nitrogens with zero attached hydrogens (tertiary/aromatic N) is 1. The topological polar surface area (TPSA) is 82.3 Å². The first-order valence-electron chi connectivity index (χ1n) is 11.0. The Hall–Kier alpha value is -2.89. The second-order valence-electron chi connectivity index (χ2n) is 8.39. The summed E-state index contributed by atoms with van der Waals surface area (Å²) < 4.78 is 0. The number of H-pyrrole nitrogens is 1. The summed E-state index contributed by atoms with van der Waals surface area (Å²) in [4.78, 5) is 42.4. The van der Waals surface area contributed by atoms with Crippen LogP contribution in [0.5, 0.6) is 0 Å². The van der Waals surface area contributed by atoms with Crippen molar-refractivity contribution in [3.63, 3.8) is 0 Å². The predicted molar refractivity (Wildman–Crippen MR) is 116 cm³/mol. The van der Waals surface area contributed by atoms with Crippen LogP contribution in [0.2, 0.25) is 0 Å². The van der Waals surface area contributed by atoms with Gasteiger partial charge in [-0.3, -0.25) is 14.4 Å². The van der Waals surface area contributed by atoms with Crippen molar-refractivity contribution in [3.8, 4) is 11.3 Å². The monoisotopic (exact) mass is 407 g/mol. The smallest absolute Gasteiger partial charge is 0.261 e. The van der Waals surface area contributed by atoms with Gasteiger partial charge < -0.3 is 15.2 Å². The summed E-state index contributed by atoms with van der Waals surface area (Å²) in [5.41, 5.74) is 1.40. The van der Waals surface area contributed by atoms with Gasteiger partial charge in [0.15, 0.2) is 0 Å². The van der Waals surface area contributed by atoms with Crippen LogP contribution in [0, 0.1) is 5.92 Å². The number of aromatic amines is 1. The molecule has 0 spiro atoms. The molecule has 1 aliphatic carbocycles. The van der Waals surface area contributed by atoms with E-state index in [1.807, 2.05) is 30.3 Å². The van der Waals surface area contributed by atoms with Gasteiger partial charge in [-0.2, -0.15) is 0 Å². The summed E-state index contributed by atoms with van der Waals surface area (Å²) >= 11 is 0. The molecule has 0 radical (unpaired) electrons. The Bertz CT molecular complexity index is 940. The molecule has 0 bridgehead atoms. The van der Waals surface area contributed by atoms with E-state index in [9.17, 15) is 14.4 Å². The highest BCUT2D eigenvalue weighted by molar-refractivity contribution is 5.94. The van der Waals surface area contributed by atoms with Crippen molar-refractivity contribution in [1.82, 2.24) is 15.2 Å². The molecule has 1 aromatic heterocycles. The number of aromatic nitrogens is 1. The number of benzene rings is 1. The number of hydrogen-bond acceptors (Lipinski definition) is 3. The molecule has 1 aliphatic heterocycles. The number of piperidine rings is 1. The highest BCUT2D eigenvalue weighted by Gasteiger charge is 2.28. The number of rotatable bonds is 4. The minimum absolute atomic E-state index is 0.113. The third-order valence-electron chi connectivity index (χ3n) is 6.33. The van der Waals surface area contributed by atoms with Crippen LogP contribution in [0.25, 0.3) is 11.3 Å². The summed E-state index contributed by atoms with van der Waals surface area (Å²) in [6.07, 6.45) is 6.95. The first kappa shape index (κ1) is 20.4. The van der Waals surface area contributed by atoms with Crippen LogP contribution in [0.15, 0.2) is 47.3 Å². The van der Waals surface area contributed by atoms with Gasteiger partial charge in [0.1, 0.15) is 5.56 Å². The molecule has 1 saturated heterocycles. The lowest BCUT2D eigenvalue weighted by Crippen LogP contribution is -2.48. The van der Waals surface area contributed by atoms with E-state index >= 15 is 0 Å². The first-order chi connectivity index (χ1) is 14.6. The fourth-order valence-electron chi connectivity index (χ4n) is 4.51.